The van der Waals surface area contributed by atoms with Crippen molar-refractivity contribution in [3.8, 4) is 0 Å². The predicted molar refractivity (Wildman–Crippen MR) is 48.7 cm³/mol. The Morgan fingerprint density at radius 1 is 1.64 bits per heavy atom. The number of aliphatic hydroxyl groups excluding tert-OH is 1. The van der Waals surface area contributed by atoms with Crippen molar-refractivity contribution in [3.63, 3.8) is 0 Å². The molecule has 0 aliphatic heterocycles. The maximum atomic E-state index is 9.09. The molecule has 0 saturated heterocycles. The van der Waals surface area contributed by atoms with E-state index in [2.05, 4.69) is 25.8 Å². The lowest BCUT2D eigenvalue weighted by Crippen LogP contribution is -2.16. The smallest absolute Gasteiger partial charge is 0.221 e. The first-order valence-corrected chi connectivity index (χ1v) is 4.22. The number of aromatic nitrogens is 5. The van der Waals surface area contributed by atoms with Gasteiger partial charge in [-0.05, 0) is 17.4 Å². The fraction of sp³-hybridized carbons (Fsp3) is 0.429. The molecule has 0 unspecified atom stereocenters. The number of aliphatic hydroxyl groups is 1. The number of fused-ring (bicyclic) bond motifs is 1. The van der Waals surface area contributed by atoms with Gasteiger partial charge in [-0.15, -0.1) is 5.10 Å². The van der Waals surface area contributed by atoms with Gasteiger partial charge in [0.05, 0.1) is 12.3 Å². The van der Waals surface area contributed by atoms with Crippen molar-refractivity contribution < 1.29 is 5.11 Å². The predicted octanol–water partition coefficient (Wildman–Crippen LogP) is -0.688. The zero-order valence-electron chi connectivity index (χ0n) is 7.62. The third-order valence-electron chi connectivity index (χ3n) is 1.68. The van der Waals surface area contributed by atoms with Crippen LogP contribution in [0.3, 0.4) is 0 Å². The minimum absolute atomic E-state index is 0.416. The quantitative estimate of drug-likeness (QED) is 0.672. The molecule has 0 saturated carbocycles. The zero-order valence-corrected chi connectivity index (χ0v) is 7.62. The largest absolute Gasteiger partial charge is 0.392 e. The van der Waals surface area contributed by atoms with Gasteiger partial charge in [0.2, 0.25) is 5.65 Å². The van der Waals surface area contributed by atoms with Crippen molar-refractivity contribution in [1.29, 1.82) is 0 Å². The summed E-state index contributed by atoms with van der Waals surface area (Å²) in [5.41, 5.74) is 0.549. The molecule has 74 valence electrons. The average molecular weight is 194 g/mol. The van der Waals surface area contributed by atoms with Gasteiger partial charge in [-0.25, -0.2) is 4.98 Å². The maximum Gasteiger partial charge on any atom is 0.221 e. The molecule has 0 aliphatic rings. The summed E-state index contributed by atoms with van der Waals surface area (Å²) in [5.74, 6) is 0.568. The van der Waals surface area contributed by atoms with Crippen molar-refractivity contribution in [2.75, 3.05) is 11.9 Å². The second kappa shape index (κ2) is 3.54. The van der Waals surface area contributed by atoms with Gasteiger partial charge < -0.3 is 10.4 Å². The molecule has 2 heterocycles. The number of rotatable bonds is 3. The molecule has 0 aliphatic carbocycles. The van der Waals surface area contributed by atoms with E-state index in [1.165, 1.54) is 4.52 Å². The molecule has 0 amide bonds. The van der Waals surface area contributed by atoms with E-state index in [0.29, 0.717) is 18.0 Å². The zero-order chi connectivity index (χ0) is 9.97. The summed E-state index contributed by atoms with van der Waals surface area (Å²) < 4.78 is 1.51. The Morgan fingerprint density at radius 3 is 3.29 bits per heavy atom. The Hall–Kier alpha value is -1.76. The molecule has 0 aromatic carbocycles. The number of hydrogen-bond donors (Lipinski definition) is 2. The first kappa shape index (κ1) is 8.82. The van der Waals surface area contributed by atoms with E-state index in [1.807, 2.05) is 0 Å². The molecule has 14 heavy (non-hydrogen) atoms. The molecule has 0 bridgehead atoms. The second-order valence-electron chi connectivity index (χ2n) is 2.95. The lowest BCUT2D eigenvalue weighted by atomic mass is 10.4. The number of hydrogen-bond acceptors (Lipinski definition) is 6. The van der Waals surface area contributed by atoms with Crippen molar-refractivity contribution in [2.45, 2.75) is 13.0 Å². The molecular weight excluding hydrogens is 184 g/mol. The van der Waals surface area contributed by atoms with Gasteiger partial charge >= 0.3 is 0 Å². The van der Waals surface area contributed by atoms with Crippen LogP contribution in [0.5, 0.6) is 0 Å². The number of nitrogens with zero attached hydrogens (tertiary/aromatic N) is 5. The van der Waals surface area contributed by atoms with Gasteiger partial charge in [0.1, 0.15) is 0 Å². The van der Waals surface area contributed by atoms with Crippen LogP contribution in [0.15, 0.2) is 12.4 Å². The molecular formula is C7H10N6O. The van der Waals surface area contributed by atoms with Gasteiger partial charge in [0.25, 0.3) is 0 Å². The van der Waals surface area contributed by atoms with Crippen molar-refractivity contribution >= 4 is 11.5 Å². The molecule has 2 N–H and O–H groups in total. The van der Waals surface area contributed by atoms with Crippen LogP contribution < -0.4 is 5.32 Å². The molecule has 2 aromatic heterocycles. The van der Waals surface area contributed by atoms with E-state index in [9.17, 15) is 0 Å². The van der Waals surface area contributed by atoms with Gasteiger partial charge in [-0.3, -0.25) is 0 Å². The molecule has 1 atom stereocenters. The normalized spacial score (nSPS) is 13.0. The summed E-state index contributed by atoms with van der Waals surface area (Å²) in [6.45, 7) is 2.11. The van der Waals surface area contributed by atoms with Crippen LogP contribution in [0.1, 0.15) is 6.92 Å². The molecule has 0 fully saturated rings. The number of nitrogens with one attached hydrogen (secondary N) is 1. The van der Waals surface area contributed by atoms with Gasteiger partial charge in [-0.2, -0.15) is 4.52 Å². The van der Waals surface area contributed by atoms with Crippen LogP contribution >= 0.6 is 0 Å². The van der Waals surface area contributed by atoms with Crippen LogP contribution in [-0.2, 0) is 0 Å². The van der Waals surface area contributed by atoms with E-state index < -0.39 is 6.10 Å². The summed E-state index contributed by atoms with van der Waals surface area (Å²) >= 11 is 0. The SMILES string of the molecule is C[C@H](O)CNc1nccn2nnnc12. The van der Waals surface area contributed by atoms with E-state index >= 15 is 0 Å². The molecule has 0 radical (unpaired) electrons. The third kappa shape index (κ3) is 1.62. The monoisotopic (exact) mass is 194 g/mol. The van der Waals surface area contributed by atoms with Crippen LogP contribution in [0.25, 0.3) is 5.65 Å². The van der Waals surface area contributed by atoms with Gasteiger partial charge in [-0.1, -0.05) is 0 Å². The molecule has 0 spiro atoms. The van der Waals surface area contributed by atoms with Crippen LogP contribution in [0, 0.1) is 0 Å². The van der Waals surface area contributed by atoms with Crippen LogP contribution in [0.4, 0.5) is 5.82 Å². The second-order valence-corrected chi connectivity index (χ2v) is 2.95. The van der Waals surface area contributed by atoms with Crippen molar-refractivity contribution in [3.05, 3.63) is 12.4 Å². The molecule has 7 nitrogen and oxygen atoms in total. The van der Waals surface area contributed by atoms with E-state index in [1.54, 1.807) is 19.3 Å². The number of tetrazole rings is 1. The van der Waals surface area contributed by atoms with E-state index in [-0.39, 0.29) is 0 Å². The summed E-state index contributed by atoms with van der Waals surface area (Å²) in [5, 5.41) is 23.1. The molecule has 2 rings (SSSR count). The fourth-order valence-electron chi connectivity index (χ4n) is 1.05. The summed E-state index contributed by atoms with van der Waals surface area (Å²) in [4.78, 5) is 4.07. The lowest BCUT2D eigenvalue weighted by Gasteiger charge is -2.06. The van der Waals surface area contributed by atoms with E-state index in [4.69, 9.17) is 5.11 Å². The minimum atomic E-state index is -0.437. The Kier molecular flexibility index (Phi) is 2.23. The highest BCUT2D eigenvalue weighted by Gasteiger charge is 2.05. The summed E-state index contributed by atoms with van der Waals surface area (Å²) in [6, 6.07) is 0. The Labute approximate surface area is 79.8 Å². The summed E-state index contributed by atoms with van der Waals surface area (Å²) in [7, 11) is 0. The maximum absolute atomic E-state index is 9.09. The topological polar surface area (TPSA) is 88.2 Å². The highest BCUT2D eigenvalue weighted by atomic mass is 16.3. The van der Waals surface area contributed by atoms with Crippen molar-refractivity contribution in [1.82, 2.24) is 25.0 Å². The molecule has 7 heteroatoms. The van der Waals surface area contributed by atoms with Crippen LogP contribution in [0.2, 0.25) is 0 Å². The minimum Gasteiger partial charge on any atom is -0.392 e. The van der Waals surface area contributed by atoms with E-state index in [0.717, 1.165) is 0 Å². The number of anilines is 1. The Morgan fingerprint density at radius 2 is 2.50 bits per heavy atom. The van der Waals surface area contributed by atoms with Gasteiger partial charge in [0, 0.05) is 12.7 Å². The van der Waals surface area contributed by atoms with Crippen molar-refractivity contribution in [2.24, 2.45) is 0 Å². The Bertz CT molecular complexity index is 425. The first-order valence-electron chi connectivity index (χ1n) is 4.22. The summed E-state index contributed by atoms with van der Waals surface area (Å²) in [6.07, 6.45) is 2.81. The Balaban J connectivity index is 2.27. The van der Waals surface area contributed by atoms with Crippen LogP contribution in [-0.4, -0.2) is 42.8 Å². The first-order chi connectivity index (χ1) is 6.77. The average Bonchev–Trinajstić information content (AvgIpc) is 2.62. The van der Waals surface area contributed by atoms with Gasteiger partial charge in [0.15, 0.2) is 5.82 Å². The highest BCUT2D eigenvalue weighted by molar-refractivity contribution is 5.60. The standard InChI is InChI=1S/C7H10N6O/c1-5(14)4-9-6-7-10-11-12-13(7)3-2-8-6/h2-3,5,14H,4H2,1H3,(H,8,9)/t5-/m0/s1. The lowest BCUT2D eigenvalue weighted by molar-refractivity contribution is 0.208. The third-order valence-corrected chi connectivity index (χ3v) is 1.68. The highest BCUT2D eigenvalue weighted by Crippen LogP contribution is 2.07. The molecule has 2 aromatic rings. The fourth-order valence-corrected chi connectivity index (χ4v) is 1.05.